The number of hydrogen-bond acceptors (Lipinski definition) is 4. The number of nitrogens with zero attached hydrogens (tertiary/aromatic N) is 2. The summed E-state index contributed by atoms with van der Waals surface area (Å²) in [5.41, 5.74) is 3.48. The first-order valence-electron chi connectivity index (χ1n) is 8.93. The lowest BCUT2D eigenvalue weighted by atomic mass is 10.0. The number of thiocarbonyl (C=S) groups is 1. The highest BCUT2D eigenvalue weighted by molar-refractivity contribution is 7.80. The predicted octanol–water partition coefficient (Wildman–Crippen LogP) is 2.47. The molecule has 4 rings (SSSR count). The van der Waals surface area contributed by atoms with Crippen LogP contribution >= 0.6 is 23.8 Å². The molecule has 0 bridgehead atoms. The summed E-state index contributed by atoms with van der Waals surface area (Å²) in [4.78, 5) is 28.9. The Morgan fingerprint density at radius 2 is 2.12 bits per heavy atom. The Hall–Kier alpha value is -1.92. The van der Waals surface area contributed by atoms with Gasteiger partial charge in [-0.1, -0.05) is 6.07 Å². The number of halogens is 1. The second kappa shape index (κ2) is 7.00. The number of alkyl halides is 1. The lowest BCUT2D eigenvalue weighted by molar-refractivity contribution is -0.129. The van der Waals surface area contributed by atoms with Gasteiger partial charge in [-0.05, 0) is 67.2 Å². The van der Waals surface area contributed by atoms with E-state index in [9.17, 15) is 9.59 Å². The van der Waals surface area contributed by atoms with Crippen LogP contribution in [0.4, 0.5) is 5.69 Å². The maximum atomic E-state index is 12.7. The zero-order valence-corrected chi connectivity index (χ0v) is 15.9. The lowest BCUT2D eigenvalue weighted by Gasteiger charge is -2.28. The minimum Gasteiger partial charge on any atom is -0.371 e. The average Bonchev–Trinajstić information content (AvgIpc) is 3.36. The van der Waals surface area contributed by atoms with E-state index >= 15 is 0 Å². The van der Waals surface area contributed by atoms with E-state index in [0.29, 0.717) is 5.88 Å². The van der Waals surface area contributed by atoms with E-state index in [2.05, 4.69) is 22.3 Å². The molecule has 1 aromatic rings. The normalized spacial score (nSPS) is 21.4. The van der Waals surface area contributed by atoms with Crippen LogP contribution in [-0.2, 0) is 16.0 Å². The van der Waals surface area contributed by atoms with Gasteiger partial charge in [-0.3, -0.25) is 19.8 Å². The molecule has 5 nitrogen and oxygen atoms in total. The second-order valence-corrected chi connectivity index (χ2v) is 7.66. The van der Waals surface area contributed by atoms with Gasteiger partial charge >= 0.3 is 0 Å². The maximum absolute atomic E-state index is 12.7. The second-order valence-electron chi connectivity index (χ2n) is 6.89. The van der Waals surface area contributed by atoms with Crippen molar-refractivity contribution >= 4 is 52.5 Å². The molecule has 1 saturated heterocycles. The van der Waals surface area contributed by atoms with Gasteiger partial charge in [0, 0.05) is 30.7 Å². The van der Waals surface area contributed by atoms with Crippen molar-refractivity contribution in [1.82, 2.24) is 10.2 Å². The topological polar surface area (TPSA) is 52.7 Å². The van der Waals surface area contributed by atoms with E-state index in [1.54, 1.807) is 11.0 Å². The number of hydrogen-bond donors (Lipinski definition) is 1. The summed E-state index contributed by atoms with van der Waals surface area (Å²) in [7, 11) is 0. The largest absolute Gasteiger partial charge is 0.371 e. The van der Waals surface area contributed by atoms with Crippen molar-refractivity contribution in [3.8, 4) is 0 Å². The van der Waals surface area contributed by atoms with Gasteiger partial charge in [-0.25, -0.2) is 0 Å². The summed E-state index contributed by atoms with van der Waals surface area (Å²) >= 11 is 11.0. The molecule has 0 aromatic heterocycles. The van der Waals surface area contributed by atoms with Gasteiger partial charge in [0.25, 0.3) is 11.8 Å². The third-order valence-electron chi connectivity index (χ3n) is 5.01. The number of carbonyl (C=O) groups is 2. The van der Waals surface area contributed by atoms with Gasteiger partial charge < -0.3 is 4.90 Å². The summed E-state index contributed by atoms with van der Waals surface area (Å²) < 4.78 is 0. The molecule has 0 atom stereocenters. The number of rotatable bonds is 5. The fraction of sp³-hybridized carbons (Fsp3) is 0.421. The Morgan fingerprint density at radius 1 is 1.31 bits per heavy atom. The van der Waals surface area contributed by atoms with Gasteiger partial charge in [0.05, 0.1) is 0 Å². The Morgan fingerprint density at radius 3 is 2.85 bits per heavy atom. The van der Waals surface area contributed by atoms with Gasteiger partial charge in [0.15, 0.2) is 5.11 Å². The Kier molecular flexibility index (Phi) is 4.71. The molecule has 0 radical (unpaired) electrons. The van der Waals surface area contributed by atoms with E-state index < -0.39 is 5.91 Å². The summed E-state index contributed by atoms with van der Waals surface area (Å²) in [6.45, 7) is 1.93. The van der Waals surface area contributed by atoms with Gasteiger partial charge in [0.2, 0.25) is 0 Å². The number of fused-ring (bicyclic) bond motifs is 1. The van der Waals surface area contributed by atoms with E-state index in [0.717, 1.165) is 44.3 Å². The van der Waals surface area contributed by atoms with E-state index in [-0.39, 0.29) is 22.6 Å². The summed E-state index contributed by atoms with van der Waals surface area (Å²) in [5, 5.41) is 2.87. The molecule has 3 aliphatic rings. The van der Waals surface area contributed by atoms with Gasteiger partial charge in [-0.15, -0.1) is 11.6 Å². The minimum absolute atomic E-state index is 0.134. The third-order valence-corrected chi connectivity index (χ3v) is 5.58. The molecular formula is C19H20ClN3O2S. The van der Waals surface area contributed by atoms with Crippen LogP contribution < -0.4 is 10.2 Å². The first-order chi connectivity index (χ1) is 12.6. The average molecular weight is 390 g/mol. The summed E-state index contributed by atoms with van der Waals surface area (Å²) in [5.74, 6) is -0.0429. The molecule has 0 unspecified atom stereocenters. The van der Waals surface area contributed by atoms with Crippen LogP contribution in [0, 0.1) is 0 Å². The summed E-state index contributed by atoms with van der Waals surface area (Å²) in [6.07, 6.45) is 5.47. The fourth-order valence-corrected chi connectivity index (χ4v) is 4.01. The first-order valence-corrected chi connectivity index (χ1v) is 9.87. The standard InChI is InChI=1S/C19H20ClN3O2S/c20-7-1-8-22-9-6-13-10-12(2-5-16(13)22)11-15-17(24)21-19(26)23(18(15)25)14-3-4-14/h2,5,10-11,14H,1,3-4,6-9H2,(H,21,24,26)/b15-11-. The number of benzene rings is 1. The molecule has 1 N–H and O–H groups in total. The molecule has 2 fully saturated rings. The molecule has 2 amide bonds. The quantitative estimate of drug-likeness (QED) is 0.364. The minimum atomic E-state index is -0.416. The molecular weight excluding hydrogens is 370 g/mol. The monoisotopic (exact) mass is 389 g/mol. The molecule has 2 aliphatic heterocycles. The van der Waals surface area contributed by atoms with E-state index in [4.69, 9.17) is 23.8 Å². The highest BCUT2D eigenvalue weighted by Gasteiger charge is 2.42. The van der Waals surface area contributed by atoms with Crippen molar-refractivity contribution in [2.75, 3.05) is 23.9 Å². The molecule has 7 heteroatoms. The van der Waals surface area contributed by atoms with Crippen molar-refractivity contribution in [3.05, 3.63) is 34.9 Å². The molecule has 1 aromatic carbocycles. The van der Waals surface area contributed by atoms with Crippen molar-refractivity contribution in [2.24, 2.45) is 0 Å². The predicted molar refractivity (Wildman–Crippen MR) is 106 cm³/mol. The first kappa shape index (κ1) is 17.5. The number of nitrogens with one attached hydrogen (secondary N) is 1. The third kappa shape index (κ3) is 3.23. The zero-order valence-electron chi connectivity index (χ0n) is 14.3. The highest BCUT2D eigenvalue weighted by Crippen LogP contribution is 2.32. The molecule has 26 heavy (non-hydrogen) atoms. The van der Waals surface area contributed by atoms with Crippen molar-refractivity contribution in [2.45, 2.75) is 31.7 Å². The fourth-order valence-electron chi connectivity index (χ4n) is 3.56. The molecule has 2 heterocycles. The zero-order chi connectivity index (χ0) is 18.3. The van der Waals surface area contributed by atoms with E-state index in [1.165, 1.54) is 11.3 Å². The maximum Gasteiger partial charge on any atom is 0.265 e. The Labute approximate surface area is 163 Å². The van der Waals surface area contributed by atoms with Crippen LogP contribution in [0.3, 0.4) is 0 Å². The van der Waals surface area contributed by atoms with Crippen molar-refractivity contribution in [3.63, 3.8) is 0 Å². The van der Waals surface area contributed by atoms with Gasteiger partial charge in [-0.2, -0.15) is 0 Å². The smallest absolute Gasteiger partial charge is 0.265 e. The van der Waals surface area contributed by atoms with Crippen LogP contribution in [-0.4, -0.2) is 46.8 Å². The molecule has 1 aliphatic carbocycles. The molecule has 0 spiro atoms. The summed E-state index contributed by atoms with van der Waals surface area (Å²) in [6, 6.07) is 6.23. The highest BCUT2D eigenvalue weighted by atomic mass is 35.5. The van der Waals surface area contributed by atoms with Crippen LogP contribution in [0.2, 0.25) is 0 Å². The van der Waals surface area contributed by atoms with Crippen molar-refractivity contribution < 1.29 is 9.59 Å². The molecule has 136 valence electrons. The number of carbonyl (C=O) groups excluding carboxylic acids is 2. The lowest BCUT2D eigenvalue weighted by Crippen LogP contribution is -2.54. The Balaban J connectivity index is 1.59. The Bertz CT molecular complexity index is 819. The van der Waals surface area contributed by atoms with Crippen LogP contribution in [0.25, 0.3) is 6.08 Å². The van der Waals surface area contributed by atoms with Crippen LogP contribution in [0.1, 0.15) is 30.4 Å². The number of amides is 2. The number of anilines is 1. The SMILES string of the molecule is O=C1NC(=S)N(C2CC2)C(=O)/C1=C\c1ccc2c(c1)CCN2CCCCl. The van der Waals surface area contributed by atoms with Crippen molar-refractivity contribution in [1.29, 1.82) is 0 Å². The molecule has 1 saturated carbocycles. The van der Waals surface area contributed by atoms with Crippen LogP contribution in [0.15, 0.2) is 23.8 Å². The van der Waals surface area contributed by atoms with Crippen LogP contribution in [0.5, 0.6) is 0 Å². The van der Waals surface area contributed by atoms with E-state index in [1.807, 2.05) is 6.07 Å². The van der Waals surface area contributed by atoms with Gasteiger partial charge in [0.1, 0.15) is 5.57 Å².